The summed E-state index contributed by atoms with van der Waals surface area (Å²) in [7, 11) is 0. The van der Waals surface area contributed by atoms with Crippen LogP contribution >= 0.6 is 0 Å². The first-order valence-electron chi connectivity index (χ1n) is 8.81. The van der Waals surface area contributed by atoms with E-state index in [1.54, 1.807) is 6.07 Å². The third-order valence-electron chi connectivity index (χ3n) is 5.07. The van der Waals surface area contributed by atoms with Crippen molar-refractivity contribution >= 4 is 5.91 Å². The van der Waals surface area contributed by atoms with E-state index in [2.05, 4.69) is 39.2 Å². The number of aryl methyl sites for hydroxylation is 2. The van der Waals surface area contributed by atoms with Crippen LogP contribution in [0.25, 0.3) is 11.1 Å². The highest BCUT2D eigenvalue weighted by Gasteiger charge is 2.19. The van der Waals surface area contributed by atoms with Crippen molar-refractivity contribution in [3.8, 4) is 16.9 Å². The topological polar surface area (TPSA) is 77.5 Å². The van der Waals surface area contributed by atoms with Gasteiger partial charge in [0.2, 0.25) is 0 Å². The predicted octanol–water partition coefficient (Wildman–Crippen LogP) is 4.36. The van der Waals surface area contributed by atoms with Gasteiger partial charge in [-0.1, -0.05) is 24.3 Å². The molecular weight excluding hydrogens is 340 g/mol. The van der Waals surface area contributed by atoms with Crippen LogP contribution in [0.1, 0.15) is 38.4 Å². The second-order valence-corrected chi connectivity index (χ2v) is 6.66. The molecule has 27 heavy (non-hydrogen) atoms. The van der Waals surface area contributed by atoms with Crippen molar-refractivity contribution < 1.29 is 13.9 Å². The summed E-state index contributed by atoms with van der Waals surface area (Å²) < 4.78 is 11.5. The molecule has 0 unspecified atom stereocenters. The third kappa shape index (κ3) is 3.59. The SMILES string of the molecule is Cc1cc(C)c(C)c(COc2ccccc2-c2ccoc2C(=O)NN)c1C. The van der Waals surface area contributed by atoms with Crippen LogP contribution in [-0.2, 0) is 6.61 Å². The predicted molar refractivity (Wildman–Crippen MR) is 106 cm³/mol. The summed E-state index contributed by atoms with van der Waals surface area (Å²) in [6.45, 7) is 8.91. The summed E-state index contributed by atoms with van der Waals surface area (Å²) in [6.07, 6.45) is 1.47. The fourth-order valence-corrected chi connectivity index (χ4v) is 3.24. The molecule has 1 heterocycles. The minimum Gasteiger partial charge on any atom is -0.488 e. The zero-order chi connectivity index (χ0) is 19.6. The third-order valence-corrected chi connectivity index (χ3v) is 5.07. The Morgan fingerprint density at radius 2 is 1.70 bits per heavy atom. The Morgan fingerprint density at radius 1 is 1.04 bits per heavy atom. The van der Waals surface area contributed by atoms with Gasteiger partial charge in [0.1, 0.15) is 12.4 Å². The molecule has 0 aliphatic carbocycles. The minimum atomic E-state index is -0.481. The molecule has 0 radical (unpaired) electrons. The fraction of sp³-hybridized carbons (Fsp3) is 0.227. The molecule has 3 rings (SSSR count). The maximum Gasteiger partial charge on any atom is 0.301 e. The number of carbonyl (C=O) groups is 1. The Balaban J connectivity index is 1.96. The summed E-state index contributed by atoms with van der Waals surface area (Å²) >= 11 is 0. The van der Waals surface area contributed by atoms with E-state index in [4.69, 9.17) is 15.0 Å². The first-order chi connectivity index (χ1) is 12.9. The Bertz CT molecular complexity index is 963. The van der Waals surface area contributed by atoms with Crippen molar-refractivity contribution in [1.82, 2.24) is 5.43 Å². The number of carbonyl (C=O) groups excluding carboxylic acids is 1. The van der Waals surface area contributed by atoms with E-state index in [1.807, 2.05) is 24.3 Å². The lowest BCUT2D eigenvalue weighted by atomic mass is 9.95. The number of nitrogens with one attached hydrogen (secondary N) is 1. The van der Waals surface area contributed by atoms with Crippen molar-refractivity contribution in [3.63, 3.8) is 0 Å². The highest BCUT2D eigenvalue weighted by atomic mass is 16.5. The molecule has 3 aromatic rings. The molecule has 5 heteroatoms. The van der Waals surface area contributed by atoms with E-state index in [0.717, 1.165) is 5.56 Å². The van der Waals surface area contributed by atoms with Gasteiger partial charge in [-0.05, 0) is 67.6 Å². The van der Waals surface area contributed by atoms with Gasteiger partial charge >= 0.3 is 5.91 Å². The summed E-state index contributed by atoms with van der Waals surface area (Å²) in [6, 6.07) is 11.5. The van der Waals surface area contributed by atoms with Gasteiger partial charge in [0.15, 0.2) is 5.76 Å². The molecule has 0 aliphatic heterocycles. The number of benzene rings is 2. The smallest absolute Gasteiger partial charge is 0.301 e. The van der Waals surface area contributed by atoms with E-state index < -0.39 is 5.91 Å². The molecule has 140 valence electrons. The van der Waals surface area contributed by atoms with Gasteiger partial charge in [-0.2, -0.15) is 0 Å². The fourth-order valence-electron chi connectivity index (χ4n) is 3.24. The first-order valence-corrected chi connectivity index (χ1v) is 8.81. The van der Waals surface area contributed by atoms with Crippen LogP contribution in [0.15, 0.2) is 47.1 Å². The Labute approximate surface area is 159 Å². The first kappa shape index (κ1) is 18.7. The number of ether oxygens (including phenoxy) is 1. The van der Waals surface area contributed by atoms with Crippen LogP contribution < -0.4 is 16.0 Å². The normalized spacial score (nSPS) is 10.7. The highest BCUT2D eigenvalue weighted by Crippen LogP contribution is 2.34. The van der Waals surface area contributed by atoms with Gasteiger partial charge in [-0.25, -0.2) is 5.84 Å². The molecule has 0 spiro atoms. The number of nitrogens with two attached hydrogens (primary N) is 1. The average molecular weight is 364 g/mol. The van der Waals surface area contributed by atoms with E-state index >= 15 is 0 Å². The molecule has 0 saturated heterocycles. The molecular formula is C22H24N2O3. The van der Waals surface area contributed by atoms with Crippen molar-refractivity contribution in [2.75, 3.05) is 0 Å². The molecule has 0 atom stereocenters. The van der Waals surface area contributed by atoms with E-state index in [-0.39, 0.29) is 5.76 Å². The van der Waals surface area contributed by atoms with Crippen molar-refractivity contribution in [3.05, 3.63) is 76.2 Å². The lowest BCUT2D eigenvalue weighted by molar-refractivity contribution is 0.0927. The van der Waals surface area contributed by atoms with Crippen LogP contribution in [0.3, 0.4) is 0 Å². The molecule has 3 N–H and O–H groups in total. The summed E-state index contributed by atoms with van der Waals surface area (Å²) in [5.41, 5.74) is 9.70. The lowest BCUT2D eigenvalue weighted by Gasteiger charge is -2.17. The quantitative estimate of drug-likeness (QED) is 0.400. The Hall–Kier alpha value is -3.05. The number of amides is 1. The van der Waals surface area contributed by atoms with Crippen molar-refractivity contribution in [2.45, 2.75) is 34.3 Å². The monoisotopic (exact) mass is 364 g/mol. The molecule has 5 nitrogen and oxygen atoms in total. The van der Waals surface area contributed by atoms with Gasteiger partial charge in [0.05, 0.1) is 6.26 Å². The molecule has 2 aromatic carbocycles. The number of hydrogen-bond donors (Lipinski definition) is 2. The number of hydrazine groups is 1. The zero-order valence-corrected chi connectivity index (χ0v) is 16.1. The Kier molecular flexibility index (Phi) is 5.33. The zero-order valence-electron chi connectivity index (χ0n) is 16.1. The molecule has 0 bridgehead atoms. The van der Waals surface area contributed by atoms with Crippen LogP contribution in [-0.4, -0.2) is 5.91 Å². The van der Waals surface area contributed by atoms with Gasteiger partial charge in [0.25, 0.3) is 0 Å². The van der Waals surface area contributed by atoms with Gasteiger partial charge in [0, 0.05) is 11.1 Å². The molecule has 0 fully saturated rings. The lowest BCUT2D eigenvalue weighted by Crippen LogP contribution is -2.30. The number of furan rings is 1. The van der Waals surface area contributed by atoms with Crippen molar-refractivity contribution in [2.24, 2.45) is 5.84 Å². The maximum atomic E-state index is 12.0. The van der Waals surface area contributed by atoms with Crippen LogP contribution in [0.4, 0.5) is 0 Å². The summed E-state index contributed by atoms with van der Waals surface area (Å²) in [4.78, 5) is 12.0. The number of para-hydroxylation sites is 1. The van der Waals surface area contributed by atoms with Gasteiger partial charge in [-0.3, -0.25) is 10.2 Å². The maximum absolute atomic E-state index is 12.0. The molecule has 1 amide bonds. The standard InChI is InChI=1S/C22H24N2O3/c1-13-11-14(2)16(4)19(15(13)3)12-27-20-8-6-5-7-17(20)18-9-10-26-21(18)22(25)24-23/h5-11H,12,23H2,1-4H3,(H,24,25). The molecule has 1 aromatic heterocycles. The van der Waals surface area contributed by atoms with E-state index in [0.29, 0.717) is 17.9 Å². The second kappa shape index (κ2) is 7.68. The van der Waals surface area contributed by atoms with Crippen molar-refractivity contribution in [1.29, 1.82) is 0 Å². The van der Waals surface area contributed by atoms with E-state index in [1.165, 1.54) is 34.1 Å². The number of hydrogen-bond acceptors (Lipinski definition) is 4. The molecule has 0 saturated carbocycles. The summed E-state index contributed by atoms with van der Waals surface area (Å²) in [5.74, 6) is 5.62. The van der Waals surface area contributed by atoms with Gasteiger partial charge < -0.3 is 9.15 Å². The van der Waals surface area contributed by atoms with Crippen LogP contribution in [0, 0.1) is 27.7 Å². The minimum absolute atomic E-state index is 0.160. The summed E-state index contributed by atoms with van der Waals surface area (Å²) in [5, 5.41) is 0. The average Bonchev–Trinajstić information content (AvgIpc) is 3.15. The largest absolute Gasteiger partial charge is 0.488 e. The van der Waals surface area contributed by atoms with Crippen LogP contribution in [0.5, 0.6) is 5.75 Å². The Morgan fingerprint density at radius 3 is 2.37 bits per heavy atom. The van der Waals surface area contributed by atoms with E-state index in [9.17, 15) is 4.79 Å². The highest BCUT2D eigenvalue weighted by molar-refractivity contribution is 5.98. The molecule has 0 aliphatic rings. The van der Waals surface area contributed by atoms with Crippen LogP contribution in [0.2, 0.25) is 0 Å². The number of nitrogen functional groups attached to an aromatic ring is 1. The number of rotatable bonds is 5. The van der Waals surface area contributed by atoms with Gasteiger partial charge in [-0.15, -0.1) is 0 Å². The second-order valence-electron chi connectivity index (χ2n) is 6.66.